The molecular weight excluding hydrogens is 210 g/mol. The molecule has 0 aliphatic carbocycles. The quantitative estimate of drug-likeness (QED) is 0.610. The van der Waals surface area contributed by atoms with E-state index in [4.69, 9.17) is 5.84 Å². The third-order valence-electron chi connectivity index (χ3n) is 2.71. The summed E-state index contributed by atoms with van der Waals surface area (Å²) >= 11 is 0. The average Bonchev–Trinajstić information content (AvgIpc) is 2.72. The van der Waals surface area contributed by atoms with Crippen molar-refractivity contribution in [2.75, 3.05) is 18.0 Å². The Morgan fingerprint density at radius 2 is 1.73 bits per heavy atom. The van der Waals surface area contributed by atoms with Crippen LogP contribution in [0.4, 0.5) is 5.69 Å². The maximum Gasteiger partial charge on any atom is 0.0366 e. The van der Waals surface area contributed by atoms with Crippen LogP contribution in [0.1, 0.15) is 18.4 Å². The molecule has 2 rings (SSSR count). The van der Waals surface area contributed by atoms with Crippen molar-refractivity contribution in [1.82, 2.24) is 5.43 Å². The number of benzene rings is 1. The van der Waals surface area contributed by atoms with Gasteiger partial charge in [0.05, 0.1) is 0 Å². The van der Waals surface area contributed by atoms with Crippen LogP contribution in [-0.2, 0) is 6.54 Å². The van der Waals surface area contributed by atoms with Crippen molar-refractivity contribution in [2.45, 2.75) is 19.4 Å². The first-order chi connectivity index (χ1) is 6.90. The molecule has 0 radical (unpaired) electrons. The number of hydrazine groups is 1. The Kier molecular flexibility index (Phi) is 4.88. The Morgan fingerprint density at radius 1 is 1.13 bits per heavy atom. The van der Waals surface area contributed by atoms with Gasteiger partial charge in [0, 0.05) is 25.3 Å². The zero-order chi connectivity index (χ0) is 9.80. The number of rotatable bonds is 3. The summed E-state index contributed by atoms with van der Waals surface area (Å²) in [5.74, 6) is 5.26. The standard InChI is InChI=1S/C11H17N3.ClH/c12-13-9-10-3-5-11(6-4-10)14-7-1-2-8-14;/h3-6,13H,1-2,7-9,12H2;1H. The van der Waals surface area contributed by atoms with Crippen LogP contribution < -0.4 is 16.2 Å². The number of hydrogen-bond donors (Lipinski definition) is 2. The van der Waals surface area contributed by atoms with Gasteiger partial charge in [0.2, 0.25) is 0 Å². The van der Waals surface area contributed by atoms with Crippen molar-refractivity contribution in [3.05, 3.63) is 29.8 Å². The summed E-state index contributed by atoms with van der Waals surface area (Å²) in [5, 5.41) is 0. The van der Waals surface area contributed by atoms with E-state index in [0.717, 1.165) is 6.54 Å². The Labute approximate surface area is 97.0 Å². The second-order valence-corrected chi connectivity index (χ2v) is 3.74. The van der Waals surface area contributed by atoms with Gasteiger partial charge in [0.1, 0.15) is 0 Å². The minimum Gasteiger partial charge on any atom is -0.372 e. The van der Waals surface area contributed by atoms with E-state index < -0.39 is 0 Å². The van der Waals surface area contributed by atoms with E-state index in [-0.39, 0.29) is 12.4 Å². The molecule has 15 heavy (non-hydrogen) atoms. The van der Waals surface area contributed by atoms with E-state index in [1.54, 1.807) is 0 Å². The molecule has 0 unspecified atom stereocenters. The number of nitrogens with one attached hydrogen (secondary N) is 1. The van der Waals surface area contributed by atoms with E-state index in [1.807, 2.05) is 0 Å². The van der Waals surface area contributed by atoms with Gasteiger partial charge in [-0.05, 0) is 30.5 Å². The molecule has 0 spiro atoms. The normalized spacial score (nSPS) is 15.1. The first-order valence-electron chi connectivity index (χ1n) is 5.17. The lowest BCUT2D eigenvalue weighted by Crippen LogP contribution is -2.21. The fourth-order valence-corrected chi connectivity index (χ4v) is 1.92. The van der Waals surface area contributed by atoms with Gasteiger partial charge < -0.3 is 4.90 Å². The average molecular weight is 228 g/mol. The number of anilines is 1. The Bertz CT molecular complexity index is 280. The Hall–Kier alpha value is -0.770. The minimum absolute atomic E-state index is 0. The summed E-state index contributed by atoms with van der Waals surface area (Å²) in [6.45, 7) is 3.14. The molecule has 0 atom stereocenters. The second-order valence-electron chi connectivity index (χ2n) is 3.74. The molecule has 1 aliphatic heterocycles. The van der Waals surface area contributed by atoms with Crippen LogP contribution in [0.2, 0.25) is 0 Å². The molecule has 1 fully saturated rings. The predicted octanol–water partition coefficient (Wildman–Crippen LogP) is 1.67. The molecule has 4 heteroatoms. The lowest BCUT2D eigenvalue weighted by molar-refractivity contribution is 0.741. The monoisotopic (exact) mass is 227 g/mol. The van der Waals surface area contributed by atoms with Crippen LogP contribution in [0.25, 0.3) is 0 Å². The van der Waals surface area contributed by atoms with E-state index in [2.05, 4.69) is 34.6 Å². The molecule has 1 aromatic carbocycles. The third-order valence-corrected chi connectivity index (χ3v) is 2.71. The first-order valence-corrected chi connectivity index (χ1v) is 5.17. The van der Waals surface area contributed by atoms with Crippen LogP contribution in [0.5, 0.6) is 0 Å². The summed E-state index contributed by atoms with van der Waals surface area (Å²) in [4.78, 5) is 2.43. The predicted molar refractivity (Wildman–Crippen MR) is 66.2 cm³/mol. The molecule has 1 saturated heterocycles. The van der Waals surface area contributed by atoms with Crippen LogP contribution in [-0.4, -0.2) is 13.1 Å². The maximum absolute atomic E-state index is 5.26. The molecule has 1 heterocycles. The molecular formula is C11H18ClN3. The van der Waals surface area contributed by atoms with Gasteiger partial charge in [0.25, 0.3) is 0 Å². The van der Waals surface area contributed by atoms with E-state index in [1.165, 1.54) is 37.2 Å². The topological polar surface area (TPSA) is 41.3 Å². The van der Waals surface area contributed by atoms with Gasteiger partial charge in [0.15, 0.2) is 0 Å². The lowest BCUT2D eigenvalue weighted by Gasteiger charge is -2.17. The summed E-state index contributed by atoms with van der Waals surface area (Å²) in [5.41, 5.74) is 5.23. The Morgan fingerprint density at radius 3 is 2.27 bits per heavy atom. The lowest BCUT2D eigenvalue weighted by atomic mass is 10.2. The van der Waals surface area contributed by atoms with Gasteiger partial charge in [-0.1, -0.05) is 12.1 Å². The fraction of sp³-hybridized carbons (Fsp3) is 0.455. The summed E-state index contributed by atoms with van der Waals surface area (Å²) in [6, 6.07) is 8.62. The van der Waals surface area contributed by atoms with Crippen molar-refractivity contribution in [2.24, 2.45) is 5.84 Å². The highest BCUT2D eigenvalue weighted by molar-refractivity contribution is 5.85. The zero-order valence-corrected chi connectivity index (χ0v) is 9.59. The third kappa shape index (κ3) is 3.09. The summed E-state index contributed by atoms with van der Waals surface area (Å²) in [6.07, 6.45) is 2.65. The summed E-state index contributed by atoms with van der Waals surface area (Å²) < 4.78 is 0. The molecule has 0 bridgehead atoms. The molecule has 0 amide bonds. The van der Waals surface area contributed by atoms with Crippen LogP contribution >= 0.6 is 12.4 Å². The van der Waals surface area contributed by atoms with E-state index in [0.29, 0.717) is 0 Å². The molecule has 1 aliphatic rings. The first kappa shape index (κ1) is 12.3. The molecule has 1 aromatic rings. The molecule has 84 valence electrons. The van der Waals surface area contributed by atoms with Crippen molar-refractivity contribution in [1.29, 1.82) is 0 Å². The van der Waals surface area contributed by atoms with Crippen LogP contribution in [0.15, 0.2) is 24.3 Å². The molecule has 0 saturated carbocycles. The highest BCUT2D eigenvalue weighted by Gasteiger charge is 2.11. The van der Waals surface area contributed by atoms with Crippen molar-refractivity contribution >= 4 is 18.1 Å². The number of nitrogens with two attached hydrogens (primary N) is 1. The van der Waals surface area contributed by atoms with E-state index in [9.17, 15) is 0 Å². The van der Waals surface area contributed by atoms with Gasteiger partial charge >= 0.3 is 0 Å². The number of nitrogens with zero attached hydrogens (tertiary/aromatic N) is 1. The molecule has 0 aromatic heterocycles. The maximum atomic E-state index is 5.26. The number of halogens is 1. The second kappa shape index (κ2) is 5.95. The van der Waals surface area contributed by atoms with Gasteiger partial charge in [-0.3, -0.25) is 11.3 Å². The van der Waals surface area contributed by atoms with Gasteiger partial charge in [-0.15, -0.1) is 12.4 Å². The van der Waals surface area contributed by atoms with Gasteiger partial charge in [-0.2, -0.15) is 0 Å². The van der Waals surface area contributed by atoms with Crippen molar-refractivity contribution in [3.8, 4) is 0 Å². The zero-order valence-electron chi connectivity index (χ0n) is 8.78. The highest BCUT2D eigenvalue weighted by atomic mass is 35.5. The SMILES string of the molecule is Cl.NNCc1ccc(N2CCCC2)cc1. The highest BCUT2D eigenvalue weighted by Crippen LogP contribution is 2.20. The van der Waals surface area contributed by atoms with Crippen LogP contribution in [0, 0.1) is 0 Å². The van der Waals surface area contributed by atoms with Crippen molar-refractivity contribution in [3.63, 3.8) is 0 Å². The van der Waals surface area contributed by atoms with Crippen LogP contribution in [0.3, 0.4) is 0 Å². The largest absolute Gasteiger partial charge is 0.372 e. The number of hydrogen-bond acceptors (Lipinski definition) is 3. The molecule has 3 nitrogen and oxygen atoms in total. The smallest absolute Gasteiger partial charge is 0.0366 e. The minimum atomic E-state index is 0. The van der Waals surface area contributed by atoms with E-state index >= 15 is 0 Å². The van der Waals surface area contributed by atoms with Gasteiger partial charge in [-0.25, -0.2) is 0 Å². The van der Waals surface area contributed by atoms with Crippen molar-refractivity contribution < 1.29 is 0 Å². The molecule has 3 N–H and O–H groups in total. The summed E-state index contributed by atoms with van der Waals surface area (Å²) in [7, 11) is 0. The fourth-order valence-electron chi connectivity index (χ4n) is 1.92. The Balaban J connectivity index is 0.00000112.